The predicted octanol–water partition coefficient (Wildman–Crippen LogP) is 6.24. The topological polar surface area (TPSA) is 12.9 Å². The lowest BCUT2D eigenvalue weighted by molar-refractivity contribution is 1.22. The molecule has 0 aliphatic heterocycles. The number of rotatable bonds is 4. The van der Waals surface area contributed by atoms with Crippen LogP contribution >= 0.6 is 0 Å². The van der Waals surface area contributed by atoms with Crippen LogP contribution in [0.1, 0.15) is 33.4 Å². The van der Waals surface area contributed by atoms with E-state index in [1.54, 1.807) is 0 Å². The van der Waals surface area contributed by atoms with Gasteiger partial charge in [-0.25, -0.2) is 0 Å². The van der Waals surface area contributed by atoms with Gasteiger partial charge >= 0.3 is 0 Å². The highest BCUT2D eigenvalue weighted by Gasteiger charge is 2.09. The van der Waals surface area contributed by atoms with Gasteiger partial charge in [-0.3, -0.25) is 4.98 Å². The van der Waals surface area contributed by atoms with Crippen LogP contribution in [-0.2, 0) is 6.42 Å². The molecule has 0 aliphatic rings. The third kappa shape index (κ3) is 3.88. The summed E-state index contributed by atoms with van der Waals surface area (Å²) in [6.07, 6.45) is 2.73. The first-order chi connectivity index (χ1) is 11.9. The predicted molar refractivity (Wildman–Crippen MR) is 108 cm³/mol. The molecule has 0 radical (unpaired) electrons. The second-order valence-corrected chi connectivity index (χ2v) is 6.97. The summed E-state index contributed by atoms with van der Waals surface area (Å²) in [6.45, 7) is 12.9. The first kappa shape index (κ1) is 17.2. The maximum atomic E-state index is 4.53. The van der Waals surface area contributed by atoms with Crippen molar-refractivity contribution in [2.24, 2.45) is 0 Å². The van der Waals surface area contributed by atoms with Gasteiger partial charge in [0.2, 0.25) is 0 Å². The number of nitrogens with zero attached hydrogens (tertiary/aromatic N) is 1. The number of benzene rings is 2. The van der Waals surface area contributed by atoms with E-state index in [4.69, 9.17) is 0 Å². The Hall–Kier alpha value is -2.67. The number of aromatic nitrogens is 1. The van der Waals surface area contributed by atoms with Gasteiger partial charge in [0, 0.05) is 11.8 Å². The van der Waals surface area contributed by atoms with Gasteiger partial charge in [-0.15, -0.1) is 0 Å². The molecule has 0 atom stereocenters. The molecule has 0 spiro atoms. The van der Waals surface area contributed by atoms with E-state index in [2.05, 4.69) is 81.7 Å². The van der Waals surface area contributed by atoms with Gasteiger partial charge < -0.3 is 0 Å². The molecule has 0 saturated heterocycles. The molecule has 1 nitrogen and oxygen atoms in total. The lowest BCUT2D eigenvalue weighted by atomic mass is 9.92. The summed E-state index contributed by atoms with van der Waals surface area (Å²) in [5, 5.41) is 0. The summed E-state index contributed by atoms with van der Waals surface area (Å²) in [4.78, 5) is 4.53. The molecule has 0 N–H and O–H groups in total. The standard InChI is InChI=1S/C24H25N/c1-16-11-17(2)13-21(12-16)14-19(4)23-9-8-22(15-20(23)5)24-18(3)7-6-10-25-24/h6-13,15H,4,14H2,1-3,5H3. The largest absolute Gasteiger partial charge is 0.256 e. The molecule has 0 amide bonds. The normalized spacial score (nSPS) is 10.7. The number of allylic oxidation sites excluding steroid dienone is 1. The monoisotopic (exact) mass is 327 g/mol. The van der Waals surface area contributed by atoms with Crippen LogP contribution in [-0.4, -0.2) is 4.98 Å². The van der Waals surface area contributed by atoms with Gasteiger partial charge in [-0.2, -0.15) is 0 Å². The van der Waals surface area contributed by atoms with Crippen molar-refractivity contribution in [3.05, 3.63) is 94.7 Å². The van der Waals surface area contributed by atoms with Crippen molar-refractivity contribution < 1.29 is 0 Å². The first-order valence-corrected chi connectivity index (χ1v) is 8.72. The van der Waals surface area contributed by atoms with E-state index < -0.39 is 0 Å². The minimum absolute atomic E-state index is 0.880. The summed E-state index contributed by atoms with van der Waals surface area (Å²) < 4.78 is 0. The number of hydrogen-bond donors (Lipinski definition) is 0. The lowest BCUT2D eigenvalue weighted by Gasteiger charge is -2.13. The third-order valence-electron chi connectivity index (χ3n) is 4.59. The molecular formula is C24H25N. The van der Waals surface area contributed by atoms with E-state index in [1.165, 1.54) is 38.9 Å². The van der Waals surface area contributed by atoms with E-state index in [-0.39, 0.29) is 0 Å². The third-order valence-corrected chi connectivity index (χ3v) is 4.59. The van der Waals surface area contributed by atoms with Crippen LogP contribution in [0.25, 0.3) is 16.8 Å². The van der Waals surface area contributed by atoms with E-state index in [0.717, 1.165) is 17.7 Å². The van der Waals surface area contributed by atoms with Crippen molar-refractivity contribution >= 4 is 5.57 Å². The zero-order chi connectivity index (χ0) is 18.0. The van der Waals surface area contributed by atoms with Crippen LogP contribution in [0.15, 0.2) is 61.3 Å². The fourth-order valence-electron chi connectivity index (χ4n) is 3.51. The SMILES string of the molecule is C=C(Cc1cc(C)cc(C)c1)c1ccc(-c2ncccc2C)cc1C. The highest BCUT2D eigenvalue weighted by atomic mass is 14.7. The summed E-state index contributed by atoms with van der Waals surface area (Å²) in [5.41, 5.74) is 11.0. The Labute approximate surface area is 151 Å². The number of aryl methyl sites for hydroxylation is 4. The van der Waals surface area contributed by atoms with E-state index in [0.29, 0.717) is 0 Å². The summed E-state index contributed by atoms with van der Waals surface area (Å²) in [7, 11) is 0. The van der Waals surface area contributed by atoms with Crippen molar-refractivity contribution in [2.75, 3.05) is 0 Å². The van der Waals surface area contributed by atoms with Crippen molar-refractivity contribution in [3.8, 4) is 11.3 Å². The fourth-order valence-corrected chi connectivity index (χ4v) is 3.51. The van der Waals surface area contributed by atoms with Crippen LogP contribution in [0.4, 0.5) is 0 Å². The molecule has 1 heterocycles. The Balaban J connectivity index is 1.88. The van der Waals surface area contributed by atoms with E-state index in [9.17, 15) is 0 Å². The van der Waals surface area contributed by atoms with Gasteiger partial charge in [0.1, 0.15) is 0 Å². The smallest absolute Gasteiger partial charge is 0.0731 e. The maximum absolute atomic E-state index is 4.53. The Morgan fingerprint density at radius 2 is 1.60 bits per heavy atom. The van der Waals surface area contributed by atoms with E-state index >= 15 is 0 Å². The molecule has 126 valence electrons. The summed E-state index contributed by atoms with van der Waals surface area (Å²) in [5.74, 6) is 0. The Kier molecular flexibility index (Phi) is 4.85. The Bertz CT molecular complexity index is 914. The average molecular weight is 327 g/mol. The van der Waals surface area contributed by atoms with Crippen LogP contribution < -0.4 is 0 Å². The van der Waals surface area contributed by atoms with Crippen LogP contribution in [0.3, 0.4) is 0 Å². The zero-order valence-electron chi connectivity index (χ0n) is 15.6. The minimum atomic E-state index is 0.880. The lowest BCUT2D eigenvalue weighted by Crippen LogP contribution is -1.95. The van der Waals surface area contributed by atoms with Gasteiger partial charge in [-0.1, -0.05) is 54.1 Å². The van der Waals surface area contributed by atoms with Crippen molar-refractivity contribution in [1.29, 1.82) is 0 Å². The highest BCUT2D eigenvalue weighted by Crippen LogP contribution is 2.28. The quantitative estimate of drug-likeness (QED) is 0.553. The minimum Gasteiger partial charge on any atom is -0.256 e. The van der Waals surface area contributed by atoms with Gasteiger partial charge in [0.15, 0.2) is 0 Å². The Morgan fingerprint density at radius 3 is 2.24 bits per heavy atom. The van der Waals surface area contributed by atoms with Crippen LogP contribution in [0, 0.1) is 27.7 Å². The maximum Gasteiger partial charge on any atom is 0.0731 e. The molecule has 2 aromatic carbocycles. The second kappa shape index (κ2) is 7.06. The molecule has 1 heteroatoms. The summed E-state index contributed by atoms with van der Waals surface area (Å²) in [6, 6.07) is 17.3. The molecule has 3 aromatic rings. The fraction of sp³-hybridized carbons (Fsp3) is 0.208. The van der Waals surface area contributed by atoms with Gasteiger partial charge in [-0.05, 0) is 74.1 Å². The molecule has 25 heavy (non-hydrogen) atoms. The second-order valence-electron chi connectivity index (χ2n) is 6.97. The van der Waals surface area contributed by atoms with Crippen molar-refractivity contribution in [3.63, 3.8) is 0 Å². The summed E-state index contributed by atoms with van der Waals surface area (Å²) >= 11 is 0. The van der Waals surface area contributed by atoms with Crippen LogP contribution in [0.2, 0.25) is 0 Å². The molecule has 0 saturated carbocycles. The first-order valence-electron chi connectivity index (χ1n) is 8.72. The van der Waals surface area contributed by atoms with Gasteiger partial charge in [0.25, 0.3) is 0 Å². The molecular weight excluding hydrogens is 302 g/mol. The van der Waals surface area contributed by atoms with Crippen molar-refractivity contribution in [1.82, 2.24) is 4.98 Å². The molecule has 3 rings (SSSR count). The molecule has 0 bridgehead atoms. The number of pyridine rings is 1. The zero-order valence-corrected chi connectivity index (χ0v) is 15.6. The van der Waals surface area contributed by atoms with Gasteiger partial charge in [0.05, 0.1) is 5.69 Å². The molecule has 0 unspecified atom stereocenters. The Morgan fingerprint density at radius 1 is 0.880 bits per heavy atom. The van der Waals surface area contributed by atoms with E-state index in [1.807, 2.05) is 12.3 Å². The van der Waals surface area contributed by atoms with Crippen molar-refractivity contribution in [2.45, 2.75) is 34.1 Å². The molecule has 1 aromatic heterocycles. The highest BCUT2D eigenvalue weighted by molar-refractivity contribution is 5.73. The molecule has 0 fully saturated rings. The van der Waals surface area contributed by atoms with Crippen LogP contribution in [0.5, 0.6) is 0 Å². The average Bonchev–Trinajstić information content (AvgIpc) is 2.54. The molecule has 0 aliphatic carbocycles. The number of hydrogen-bond acceptors (Lipinski definition) is 1.